The smallest absolute Gasteiger partial charge is 0.255 e. The molecule has 1 saturated carbocycles. The Kier molecular flexibility index (Phi) is 7.42. The van der Waals surface area contributed by atoms with Crippen LogP contribution in [-0.4, -0.2) is 42.5 Å². The number of allylic oxidation sites excluding steroid dienone is 1. The average molecular weight is 488 g/mol. The molecule has 6 heteroatoms. The number of rotatable bonds is 8. The van der Waals surface area contributed by atoms with Crippen LogP contribution in [-0.2, 0) is 24.2 Å². The molecule has 0 aromatic heterocycles. The minimum atomic E-state index is -0.408. The van der Waals surface area contributed by atoms with Crippen molar-refractivity contribution in [2.75, 3.05) is 13.7 Å². The van der Waals surface area contributed by atoms with E-state index in [1.54, 1.807) is 12.0 Å². The van der Waals surface area contributed by atoms with Crippen molar-refractivity contribution in [2.45, 2.75) is 70.0 Å². The largest absolute Gasteiger partial charge is 0.496 e. The summed E-state index contributed by atoms with van der Waals surface area (Å²) in [5, 5.41) is 6.66. The molecular weight excluding hydrogens is 450 g/mol. The van der Waals surface area contributed by atoms with Gasteiger partial charge in [-0.05, 0) is 79.8 Å². The molecule has 2 aliphatic heterocycles. The minimum Gasteiger partial charge on any atom is -0.496 e. The van der Waals surface area contributed by atoms with Crippen LogP contribution < -0.4 is 15.4 Å². The molecule has 2 amide bonds. The first-order valence-corrected chi connectivity index (χ1v) is 13.3. The highest BCUT2D eigenvalue weighted by Gasteiger charge is 2.38. The molecule has 2 N–H and O–H groups in total. The summed E-state index contributed by atoms with van der Waals surface area (Å²) in [6, 6.07) is 14.6. The molecule has 3 atom stereocenters. The number of ether oxygens (including phenoxy) is 1. The maximum absolute atomic E-state index is 13.1. The van der Waals surface area contributed by atoms with Crippen LogP contribution in [0.15, 0.2) is 54.7 Å². The normalized spacial score (nSPS) is 24.0. The van der Waals surface area contributed by atoms with E-state index < -0.39 is 6.04 Å². The highest BCUT2D eigenvalue weighted by atomic mass is 16.5. The number of nitrogens with zero attached hydrogens (tertiary/aromatic N) is 1. The second kappa shape index (κ2) is 10.9. The lowest BCUT2D eigenvalue weighted by Gasteiger charge is -2.33. The standard InChI is InChI=1S/C30H37N3O3/c1-20-11-14-27(29(34)32-20)33-19-24-18-21(12-13-25(24)30(33)35)17-23-8-3-5-9-26(23)31-16-15-22-7-4-6-10-28(22)36-2/h4,6-7,10,12-13,18,23,26-27,31H,1,3,5,8-9,11,14-17,19H2,2H3,(H,32,34)/t23-,26+,27?/m1/s1. The van der Waals surface area contributed by atoms with E-state index in [9.17, 15) is 9.59 Å². The van der Waals surface area contributed by atoms with Gasteiger partial charge in [0.1, 0.15) is 11.8 Å². The summed E-state index contributed by atoms with van der Waals surface area (Å²) in [4.78, 5) is 27.3. The molecule has 0 spiro atoms. The first kappa shape index (κ1) is 24.6. The number of carbonyl (C=O) groups is 2. The lowest BCUT2D eigenvalue weighted by atomic mass is 9.80. The summed E-state index contributed by atoms with van der Waals surface area (Å²) in [6.07, 6.45) is 8.29. The summed E-state index contributed by atoms with van der Waals surface area (Å²) in [7, 11) is 1.73. The highest BCUT2D eigenvalue weighted by molar-refractivity contribution is 6.01. The molecule has 2 fully saturated rings. The minimum absolute atomic E-state index is 0.0299. The van der Waals surface area contributed by atoms with Crippen LogP contribution in [0.25, 0.3) is 0 Å². The van der Waals surface area contributed by atoms with Gasteiger partial charge in [0, 0.05) is 23.8 Å². The number of para-hydroxylation sites is 1. The zero-order valence-electron chi connectivity index (χ0n) is 21.2. The Morgan fingerprint density at radius 2 is 1.94 bits per heavy atom. The van der Waals surface area contributed by atoms with Crippen LogP contribution in [0.4, 0.5) is 0 Å². The Morgan fingerprint density at radius 3 is 2.78 bits per heavy atom. The van der Waals surface area contributed by atoms with E-state index in [1.165, 1.54) is 36.8 Å². The first-order valence-electron chi connectivity index (χ1n) is 13.3. The fourth-order valence-electron chi connectivity index (χ4n) is 6.16. The van der Waals surface area contributed by atoms with E-state index >= 15 is 0 Å². The molecule has 2 aromatic rings. The molecule has 36 heavy (non-hydrogen) atoms. The van der Waals surface area contributed by atoms with Gasteiger partial charge in [-0.25, -0.2) is 0 Å². The topological polar surface area (TPSA) is 70.7 Å². The molecule has 3 aliphatic rings. The number of fused-ring (bicyclic) bond motifs is 1. The average Bonchev–Trinajstić information content (AvgIpc) is 3.20. The Morgan fingerprint density at radius 1 is 1.11 bits per heavy atom. The number of benzene rings is 2. The number of methoxy groups -OCH3 is 1. The van der Waals surface area contributed by atoms with Crippen LogP contribution in [0.1, 0.15) is 65.6 Å². The molecule has 5 rings (SSSR count). The number of hydrogen-bond acceptors (Lipinski definition) is 4. The second-order valence-electron chi connectivity index (χ2n) is 10.4. The van der Waals surface area contributed by atoms with E-state index in [-0.39, 0.29) is 11.8 Å². The van der Waals surface area contributed by atoms with Crippen molar-refractivity contribution >= 4 is 11.8 Å². The summed E-state index contributed by atoms with van der Waals surface area (Å²) in [5.41, 5.74) is 5.05. The molecular formula is C30H37N3O3. The van der Waals surface area contributed by atoms with Crippen molar-refractivity contribution in [3.63, 3.8) is 0 Å². The number of amides is 2. The van der Waals surface area contributed by atoms with Crippen LogP contribution >= 0.6 is 0 Å². The van der Waals surface area contributed by atoms with Gasteiger partial charge in [0.05, 0.1) is 7.11 Å². The van der Waals surface area contributed by atoms with Gasteiger partial charge in [-0.1, -0.05) is 49.8 Å². The zero-order valence-corrected chi connectivity index (χ0v) is 21.2. The van der Waals surface area contributed by atoms with Crippen molar-refractivity contribution in [2.24, 2.45) is 5.92 Å². The van der Waals surface area contributed by atoms with E-state index in [0.717, 1.165) is 48.4 Å². The van der Waals surface area contributed by atoms with Crippen LogP contribution in [0.3, 0.4) is 0 Å². The second-order valence-corrected chi connectivity index (χ2v) is 10.4. The fraction of sp³-hybridized carbons (Fsp3) is 0.467. The summed E-state index contributed by atoms with van der Waals surface area (Å²) < 4.78 is 5.51. The van der Waals surface area contributed by atoms with Gasteiger partial charge in [-0.15, -0.1) is 0 Å². The van der Waals surface area contributed by atoms with Gasteiger partial charge in [0.15, 0.2) is 0 Å². The van der Waals surface area contributed by atoms with E-state index in [0.29, 0.717) is 24.9 Å². The van der Waals surface area contributed by atoms with Gasteiger partial charge in [-0.3, -0.25) is 9.59 Å². The lowest BCUT2D eigenvalue weighted by Crippen LogP contribution is -2.49. The molecule has 2 heterocycles. The molecule has 0 bridgehead atoms. The van der Waals surface area contributed by atoms with Gasteiger partial charge < -0.3 is 20.3 Å². The number of nitrogens with one attached hydrogen (secondary N) is 2. The maximum Gasteiger partial charge on any atom is 0.255 e. The molecule has 2 aromatic carbocycles. The van der Waals surface area contributed by atoms with Crippen LogP contribution in [0, 0.1) is 5.92 Å². The van der Waals surface area contributed by atoms with Crippen molar-refractivity contribution in [1.29, 1.82) is 0 Å². The van der Waals surface area contributed by atoms with Gasteiger partial charge >= 0.3 is 0 Å². The Hall–Kier alpha value is -3.12. The molecule has 6 nitrogen and oxygen atoms in total. The zero-order chi connectivity index (χ0) is 25.1. The van der Waals surface area contributed by atoms with E-state index in [2.05, 4.69) is 41.5 Å². The third-order valence-corrected chi connectivity index (χ3v) is 8.10. The van der Waals surface area contributed by atoms with Crippen molar-refractivity contribution in [1.82, 2.24) is 15.5 Å². The molecule has 1 aliphatic carbocycles. The van der Waals surface area contributed by atoms with Gasteiger partial charge in [-0.2, -0.15) is 0 Å². The Labute approximate surface area is 214 Å². The summed E-state index contributed by atoms with van der Waals surface area (Å²) >= 11 is 0. The number of piperidine rings is 1. The van der Waals surface area contributed by atoms with Crippen molar-refractivity contribution < 1.29 is 14.3 Å². The van der Waals surface area contributed by atoms with Gasteiger partial charge in [0.25, 0.3) is 5.91 Å². The lowest BCUT2D eigenvalue weighted by molar-refractivity contribution is -0.126. The molecule has 1 unspecified atom stereocenters. The first-order chi connectivity index (χ1) is 17.5. The Balaban J connectivity index is 1.21. The fourth-order valence-corrected chi connectivity index (χ4v) is 6.16. The van der Waals surface area contributed by atoms with Crippen LogP contribution in [0.5, 0.6) is 5.75 Å². The van der Waals surface area contributed by atoms with Crippen molar-refractivity contribution in [3.05, 3.63) is 77.0 Å². The van der Waals surface area contributed by atoms with Gasteiger partial charge in [0.2, 0.25) is 5.91 Å². The Bertz CT molecular complexity index is 1140. The highest BCUT2D eigenvalue weighted by Crippen LogP contribution is 2.32. The monoisotopic (exact) mass is 487 g/mol. The van der Waals surface area contributed by atoms with Crippen LogP contribution in [0.2, 0.25) is 0 Å². The summed E-state index contributed by atoms with van der Waals surface area (Å²) in [5.74, 6) is 1.39. The quantitative estimate of drug-likeness (QED) is 0.580. The third-order valence-electron chi connectivity index (χ3n) is 8.10. The van der Waals surface area contributed by atoms with Crippen molar-refractivity contribution in [3.8, 4) is 5.75 Å². The predicted octanol–water partition coefficient (Wildman–Crippen LogP) is 4.38. The SMILES string of the molecule is C=C1CCC(N2Cc3cc(C[C@H]4CCCC[C@@H]4NCCc4ccccc4OC)ccc3C2=O)C(=O)N1. The molecule has 1 saturated heterocycles. The summed E-state index contributed by atoms with van der Waals surface area (Å²) in [6.45, 7) is 5.30. The van der Waals surface area contributed by atoms with E-state index in [4.69, 9.17) is 4.74 Å². The molecule has 0 radical (unpaired) electrons. The van der Waals surface area contributed by atoms with E-state index in [1.807, 2.05) is 18.2 Å². The number of carbonyl (C=O) groups excluding carboxylic acids is 2. The predicted molar refractivity (Wildman–Crippen MR) is 141 cm³/mol. The molecule has 190 valence electrons. The maximum atomic E-state index is 13.1. The third kappa shape index (κ3) is 5.19. The number of hydrogen-bond donors (Lipinski definition) is 2.